The molecule has 3 rings (SSSR count). The first-order valence-corrected chi connectivity index (χ1v) is 8.55. The van der Waals surface area contributed by atoms with Gasteiger partial charge in [-0.3, -0.25) is 4.99 Å². The van der Waals surface area contributed by atoms with Crippen molar-refractivity contribution < 1.29 is 9.15 Å². The second-order valence-corrected chi connectivity index (χ2v) is 6.30. The van der Waals surface area contributed by atoms with Gasteiger partial charge in [0.15, 0.2) is 5.96 Å². The lowest BCUT2D eigenvalue weighted by Crippen LogP contribution is -2.43. The Hall–Kier alpha value is -0.760. The minimum Gasteiger partial charge on any atom is -0.469 e. The zero-order valence-corrected chi connectivity index (χ0v) is 16.0. The lowest BCUT2D eigenvalue weighted by atomic mass is 10.1. The van der Waals surface area contributed by atoms with E-state index in [4.69, 9.17) is 14.1 Å². The Morgan fingerprint density at radius 1 is 1.26 bits per heavy atom. The first-order chi connectivity index (χ1) is 10.9. The summed E-state index contributed by atoms with van der Waals surface area (Å²) < 4.78 is 10.8. The minimum absolute atomic E-state index is 0. The van der Waals surface area contributed by atoms with E-state index in [9.17, 15) is 0 Å². The van der Waals surface area contributed by atoms with E-state index in [0.29, 0.717) is 12.0 Å². The smallest absolute Gasteiger partial charge is 0.191 e. The third-order valence-corrected chi connectivity index (χ3v) is 4.47. The van der Waals surface area contributed by atoms with Gasteiger partial charge in [-0.2, -0.15) is 0 Å². The average Bonchev–Trinajstić information content (AvgIpc) is 3.28. The summed E-state index contributed by atoms with van der Waals surface area (Å²) in [5, 5.41) is 7.03. The van der Waals surface area contributed by atoms with Crippen LogP contribution in [0.5, 0.6) is 0 Å². The fraction of sp³-hybridized carbons (Fsp3) is 0.706. The van der Waals surface area contributed by atoms with Gasteiger partial charge < -0.3 is 19.8 Å². The molecule has 0 aromatic carbocycles. The van der Waals surface area contributed by atoms with Gasteiger partial charge in [0.25, 0.3) is 0 Å². The summed E-state index contributed by atoms with van der Waals surface area (Å²) in [6, 6.07) is 4.52. The van der Waals surface area contributed by atoms with E-state index < -0.39 is 0 Å². The molecule has 6 heteroatoms. The number of nitrogens with zero attached hydrogens (tertiary/aromatic N) is 1. The van der Waals surface area contributed by atoms with E-state index in [-0.39, 0.29) is 24.0 Å². The maximum absolute atomic E-state index is 5.43. The Labute approximate surface area is 155 Å². The van der Waals surface area contributed by atoms with Crippen molar-refractivity contribution in [3.63, 3.8) is 0 Å². The number of furan rings is 1. The lowest BCUT2D eigenvalue weighted by molar-refractivity contribution is 0.187. The number of ether oxygens (including phenoxy) is 1. The van der Waals surface area contributed by atoms with Crippen LogP contribution in [0.1, 0.15) is 37.9 Å². The van der Waals surface area contributed by atoms with Gasteiger partial charge in [-0.1, -0.05) is 12.8 Å². The third kappa shape index (κ3) is 6.33. The third-order valence-electron chi connectivity index (χ3n) is 4.47. The standard InChI is InChI=1S/C17H27N3O2.HI/c1-2-5-15(4-1)20-17(19-12-14-8-11-21-13-14)18-9-7-16-6-3-10-22-16;/h3,6,10,14-15H,1-2,4-5,7-9,11-13H2,(H2,18,19,20);1H. The molecule has 130 valence electrons. The summed E-state index contributed by atoms with van der Waals surface area (Å²) >= 11 is 0. The first kappa shape index (κ1) is 18.6. The molecule has 1 saturated carbocycles. The Kier molecular flexibility index (Phi) is 8.22. The molecule has 1 aromatic rings. The Bertz CT molecular complexity index is 452. The molecule has 2 aliphatic rings. The molecule has 1 aromatic heterocycles. The highest BCUT2D eigenvalue weighted by molar-refractivity contribution is 14.0. The zero-order chi connectivity index (χ0) is 15.0. The summed E-state index contributed by atoms with van der Waals surface area (Å²) in [4.78, 5) is 4.77. The van der Waals surface area contributed by atoms with E-state index >= 15 is 0 Å². The predicted octanol–water partition coefficient (Wildman–Crippen LogP) is 2.95. The van der Waals surface area contributed by atoms with Crippen molar-refractivity contribution in [1.29, 1.82) is 0 Å². The van der Waals surface area contributed by atoms with Crippen molar-refractivity contribution >= 4 is 29.9 Å². The maximum Gasteiger partial charge on any atom is 0.191 e. The highest BCUT2D eigenvalue weighted by Crippen LogP contribution is 2.17. The summed E-state index contributed by atoms with van der Waals surface area (Å²) in [6.07, 6.45) is 8.90. The highest BCUT2D eigenvalue weighted by atomic mass is 127. The Morgan fingerprint density at radius 2 is 2.13 bits per heavy atom. The molecule has 0 bridgehead atoms. The van der Waals surface area contributed by atoms with Crippen LogP contribution < -0.4 is 10.6 Å². The molecule has 0 amide bonds. The van der Waals surface area contributed by atoms with Gasteiger partial charge in [-0.25, -0.2) is 0 Å². The molecule has 1 aliphatic carbocycles. The van der Waals surface area contributed by atoms with Crippen LogP contribution in [0.4, 0.5) is 0 Å². The topological polar surface area (TPSA) is 58.8 Å². The summed E-state index contributed by atoms with van der Waals surface area (Å²) in [7, 11) is 0. The Morgan fingerprint density at radius 3 is 2.83 bits per heavy atom. The molecular weight excluding hydrogens is 405 g/mol. The Balaban J connectivity index is 0.00000192. The molecule has 1 saturated heterocycles. The zero-order valence-electron chi connectivity index (χ0n) is 13.6. The molecule has 0 spiro atoms. The number of guanidine groups is 1. The van der Waals surface area contributed by atoms with E-state index in [1.165, 1.54) is 25.7 Å². The lowest BCUT2D eigenvalue weighted by Gasteiger charge is -2.18. The summed E-state index contributed by atoms with van der Waals surface area (Å²) in [6.45, 7) is 3.43. The number of hydrogen-bond acceptors (Lipinski definition) is 3. The van der Waals surface area contributed by atoms with Crippen LogP contribution in [0.15, 0.2) is 27.8 Å². The molecular formula is C17H28IN3O2. The molecule has 2 N–H and O–H groups in total. The van der Waals surface area contributed by atoms with E-state index in [2.05, 4.69) is 10.6 Å². The van der Waals surface area contributed by atoms with Crippen molar-refractivity contribution in [3.05, 3.63) is 24.2 Å². The van der Waals surface area contributed by atoms with Gasteiger partial charge in [0, 0.05) is 38.1 Å². The molecule has 1 unspecified atom stereocenters. The number of halogens is 1. The fourth-order valence-corrected chi connectivity index (χ4v) is 3.12. The van der Waals surface area contributed by atoms with Crippen molar-refractivity contribution in [1.82, 2.24) is 10.6 Å². The van der Waals surface area contributed by atoms with Crippen LogP contribution in [-0.2, 0) is 11.2 Å². The minimum atomic E-state index is 0. The van der Waals surface area contributed by atoms with E-state index in [1.54, 1.807) is 6.26 Å². The largest absolute Gasteiger partial charge is 0.469 e. The van der Waals surface area contributed by atoms with Crippen LogP contribution in [0.25, 0.3) is 0 Å². The van der Waals surface area contributed by atoms with Crippen LogP contribution in [0.3, 0.4) is 0 Å². The average molecular weight is 433 g/mol. The van der Waals surface area contributed by atoms with Gasteiger partial charge in [0.2, 0.25) is 0 Å². The van der Waals surface area contributed by atoms with Gasteiger partial charge in [0.1, 0.15) is 5.76 Å². The van der Waals surface area contributed by atoms with Crippen LogP contribution in [0, 0.1) is 5.92 Å². The van der Waals surface area contributed by atoms with E-state index in [1.807, 2.05) is 12.1 Å². The molecule has 2 fully saturated rings. The number of hydrogen-bond donors (Lipinski definition) is 2. The van der Waals surface area contributed by atoms with Crippen molar-refractivity contribution in [2.45, 2.75) is 44.6 Å². The molecule has 2 heterocycles. The van der Waals surface area contributed by atoms with E-state index in [0.717, 1.165) is 50.9 Å². The second kappa shape index (κ2) is 10.2. The number of nitrogens with one attached hydrogen (secondary N) is 2. The van der Waals surface area contributed by atoms with Crippen LogP contribution in [-0.4, -0.2) is 38.3 Å². The van der Waals surface area contributed by atoms with Gasteiger partial charge in [-0.05, 0) is 31.4 Å². The van der Waals surface area contributed by atoms with Gasteiger partial charge >= 0.3 is 0 Å². The number of rotatable bonds is 6. The predicted molar refractivity (Wildman–Crippen MR) is 102 cm³/mol. The van der Waals surface area contributed by atoms with Crippen LogP contribution >= 0.6 is 24.0 Å². The maximum atomic E-state index is 5.43. The first-order valence-electron chi connectivity index (χ1n) is 8.55. The SMILES string of the molecule is I.c1coc(CCNC(=NCC2CCOC2)NC2CCCC2)c1. The fourth-order valence-electron chi connectivity index (χ4n) is 3.12. The summed E-state index contributed by atoms with van der Waals surface area (Å²) in [5.41, 5.74) is 0. The van der Waals surface area contributed by atoms with Gasteiger partial charge in [-0.15, -0.1) is 24.0 Å². The van der Waals surface area contributed by atoms with Crippen LogP contribution in [0.2, 0.25) is 0 Å². The molecule has 1 aliphatic heterocycles. The molecule has 0 radical (unpaired) electrons. The van der Waals surface area contributed by atoms with Crippen molar-refractivity contribution in [2.24, 2.45) is 10.9 Å². The van der Waals surface area contributed by atoms with Gasteiger partial charge in [0.05, 0.1) is 12.9 Å². The normalized spacial score (nSPS) is 22.1. The molecule has 23 heavy (non-hydrogen) atoms. The second-order valence-electron chi connectivity index (χ2n) is 6.30. The van der Waals surface area contributed by atoms with Crippen molar-refractivity contribution in [3.8, 4) is 0 Å². The quantitative estimate of drug-likeness (QED) is 0.412. The monoisotopic (exact) mass is 433 g/mol. The van der Waals surface area contributed by atoms with Crippen molar-refractivity contribution in [2.75, 3.05) is 26.3 Å². The molecule has 5 nitrogen and oxygen atoms in total. The molecule has 1 atom stereocenters. The number of aliphatic imine (C=N–C) groups is 1. The summed E-state index contributed by atoms with van der Waals surface area (Å²) in [5.74, 6) is 2.54. The highest BCUT2D eigenvalue weighted by Gasteiger charge is 2.18.